The second kappa shape index (κ2) is 10.9. The fourth-order valence-corrected chi connectivity index (χ4v) is 5.31. The number of carbonyl (C=O) groups is 1. The largest absolute Gasteiger partial charge is 0.340 e. The lowest BCUT2D eigenvalue weighted by Gasteiger charge is -2.38. The molecular weight excluding hydrogens is 400 g/mol. The highest BCUT2D eigenvalue weighted by Crippen LogP contribution is 2.18. The van der Waals surface area contributed by atoms with E-state index in [1.165, 1.54) is 4.31 Å². The van der Waals surface area contributed by atoms with E-state index in [9.17, 15) is 18.5 Å². The Morgan fingerprint density at radius 2 is 1.67 bits per heavy atom. The molecule has 1 fully saturated rings. The maximum atomic E-state index is 12.6. The van der Waals surface area contributed by atoms with Crippen molar-refractivity contribution >= 4 is 15.9 Å². The van der Waals surface area contributed by atoms with Gasteiger partial charge in [0.05, 0.1) is 11.0 Å². The number of piperazine rings is 1. The predicted molar refractivity (Wildman–Crippen MR) is 117 cm³/mol. The van der Waals surface area contributed by atoms with Crippen LogP contribution in [0.5, 0.6) is 0 Å². The number of aryl methyl sites for hydroxylation is 1. The number of benzene rings is 1. The van der Waals surface area contributed by atoms with E-state index in [1.807, 2.05) is 32.6 Å². The molecule has 1 aromatic rings. The molecule has 1 unspecified atom stereocenters. The van der Waals surface area contributed by atoms with Gasteiger partial charge in [-0.2, -0.15) is 9.57 Å². The standard InChI is InChI=1S/C22H34N4O3S/c1-5-26(6-2)30(28,29)20-10-7-19(8-11-20)9-12-22(27)25-15-13-24(14-16-25)21(17-23)18(3)4/h7-8,10-11,18,21H,5-6,9,12-16H2,1-4H3. The van der Waals surface area contributed by atoms with Crippen LogP contribution in [-0.2, 0) is 21.2 Å². The van der Waals surface area contributed by atoms with Crippen molar-refractivity contribution in [3.63, 3.8) is 0 Å². The third kappa shape index (κ3) is 5.81. The van der Waals surface area contributed by atoms with Crippen molar-refractivity contribution in [3.05, 3.63) is 29.8 Å². The summed E-state index contributed by atoms with van der Waals surface area (Å²) in [5.74, 6) is 0.373. The molecule has 0 bridgehead atoms. The minimum atomic E-state index is -3.46. The SMILES string of the molecule is CCN(CC)S(=O)(=O)c1ccc(CCC(=O)N2CCN(C(C#N)C(C)C)CC2)cc1. The predicted octanol–water partition coefficient (Wildman–Crippen LogP) is 2.34. The molecule has 0 spiro atoms. The zero-order valence-corrected chi connectivity index (χ0v) is 19.4. The molecule has 0 N–H and O–H groups in total. The summed E-state index contributed by atoms with van der Waals surface area (Å²) in [5.41, 5.74) is 0.949. The molecular formula is C22H34N4O3S. The molecule has 1 saturated heterocycles. The highest BCUT2D eigenvalue weighted by molar-refractivity contribution is 7.89. The number of amides is 1. The molecule has 30 heavy (non-hydrogen) atoms. The van der Waals surface area contributed by atoms with E-state index in [0.29, 0.717) is 39.0 Å². The molecule has 0 saturated carbocycles. The summed E-state index contributed by atoms with van der Waals surface area (Å²) < 4.78 is 26.5. The van der Waals surface area contributed by atoms with Crippen molar-refractivity contribution in [2.75, 3.05) is 39.3 Å². The topological polar surface area (TPSA) is 84.7 Å². The first-order valence-corrected chi connectivity index (χ1v) is 12.2. The zero-order valence-electron chi connectivity index (χ0n) is 18.5. The van der Waals surface area contributed by atoms with Gasteiger partial charge >= 0.3 is 0 Å². The molecule has 0 aliphatic carbocycles. The van der Waals surface area contributed by atoms with Gasteiger partial charge in [-0.1, -0.05) is 39.8 Å². The van der Waals surface area contributed by atoms with E-state index >= 15 is 0 Å². The van der Waals surface area contributed by atoms with Crippen molar-refractivity contribution in [1.82, 2.24) is 14.1 Å². The van der Waals surface area contributed by atoms with Crippen LogP contribution in [0.4, 0.5) is 0 Å². The maximum absolute atomic E-state index is 12.6. The molecule has 1 aliphatic heterocycles. The summed E-state index contributed by atoms with van der Waals surface area (Å²) in [6.45, 7) is 11.3. The highest BCUT2D eigenvalue weighted by atomic mass is 32.2. The molecule has 0 radical (unpaired) electrons. The number of hydrogen-bond acceptors (Lipinski definition) is 5. The molecule has 1 aromatic carbocycles. The van der Waals surface area contributed by atoms with Crippen LogP contribution in [0.25, 0.3) is 0 Å². The van der Waals surface area contributed by atoms with Crippen LogP contribution >= 0.6 is 0 Å². The third-order valence-corrected chi connectivity index (χ3v) is 7.78. The van der Waals surface area contributed by atoms with Gasteiger partial charge < -0.3 is 4.90 Å². The average molecular weight is 435 g/mol. The summed E-state index contributed by atoms with van der Waals surface area (Å²) in [7, 11) is -3.46. The number of carbonyl (C=O) groups excluding carboxylic acids is 1. The lowest BCUT2D eigenvalue weighted by atomic mass is 10.0. The Labute approximate surface area is 181 Å². The molecule has 8 heteroatoms. The van der Waals surface area contributed by atoms with Gasteiger partial charge in [0.15, 0.2) is 0 Å². The van der Waals surface area contributed by atoms with Gasteiger partial charge in [0.25, 0.3) is 0 Å². The summed E-state index contributed by atoms with van der Waals surface area (Å²) in [6.07, 6.45) is 0.978. The minimum Gasteiger partial charge on any atom is -0.340 e. The normalized spacial score (nSPS) is 16.6. The number of sulfonamides is 1. The second-order valence-electron chi connectivity index (χ2n) is 7.97. The summed E-state index contributed by atoms with van der Waals surface area (Å²) in [5, 5.41) is 9.35. The third-order valence-electron chi connectivity index (χ3n) is 5.72. The first-order chi connectivity index (χ1) is 14.2. The van der Waals surface area contributed by atoms with E-state index in [4.69, 9.17) is 0 Å². The van der Waals surface area contributed by atoms with Crippen molar-refractivity contribution < 1.29 is 13.2 Å². The van der Waals surface area contributed by atoms with Gasteiger partial charge in [-0.05, 0) is 30.0 Å². The molecule has 0 aromatic heterocycles. The lowest BCUT2D eigenvalue weighted by Crippen LogP contribution is -2.52. The van der Waals surface area contributed by atoms with Crippen LogP contribution < -0.4 is 0 Å². The number of rotatable bonds is 9. The number of hydrogen-bond donors (Lipinski definition) is 0. The molecule has 1 heterocycles. The molecule has 1 amide bonds. The van der Waals surface area contributed by atoms with E-state index in [2.05, 4.69) is 11.0 Å². The lowest BCUT2D eigenvalue weighted by molar-refractivity contribution is -0.133. The van der Waals surface area contributed by atoms with Gasteiger partial charge in [-0.3, -0.25) is 9.69 Å². The Kier molecular flexibility index (Phi) is 8.83. The molecule has 7 nitrogen and oxygen atoms in total. The van der Waals surface area contributed by atoms with Crippen molar-refractivity contribution in [1.29, 1.82) is 5.26 Å². The van der Waals surface area contributed by atoms with E-state index in [1.54, 1.807) is 24.3 Å². The number of nitrogens with zero attached hydrogens (tertiary/aromatic N) is 4. The van der Waals surface area contributed by atoms with E-state index in [0.717, 1.165) is 18.7 Å². The van der Waals surface area contributed by atoms with Crippen LogP contribution in [0.1, 0.15) is 39.7 Å². The van der Waals surface area contributed by atoms with Crippen LogP contribution in [0.2, 0.25) is 0 Å². The quantitative estimate of drug-likeness (QED) is 0.596. The Hall–Kier alpha value is -1.95. The molecule has 166 valence electrons. The van der Waals surface area contributed by atoms with Gasteiger partial charge in [0.2, 0.25) is 15.9 Å². The second-order valence-corrected chi connectivity index (χ2v) is 9.91. The fraction of sp³-hybridized carbons (Fsp3) is 0.636. The van der Waals surface area contributed by atoms with Gasteiger partial charge in [-0.15, -0.1) is 0 Å². The Balaban J connectivity index is 1.88. The summed E-state index contributed by atoms with van der Waals surface area (Å²) in [6, 6.07) is 9.10. The Bertz CT molecular complexity index is 834. The van der Waals surface area contributed by atoms with Gasteiger partial charge in [0, 0.05) is 45.7 Å². The maximum Gasteiger partial charge on any atom is 0.243 e. The van der Waals surface area contributed by atoms with Gasteiger partial charge in [0.1, 0.15) is 6.04 Å². The molecule has 1 aliphatic rings. The minimum absolute atomic E-state index is 0.103. The highest BCUT2D eigenvalue weighted by Gasteiger charge is 2.27. The average Bonchev–Trinajstić information content (AvgIpc) is 2.73. The Morgan fingerprint density at radius 1 is 1.10 bits per heavy atom. The van der Waals surface area contributed by atoms with Crippen LogP contribution in [-0.4, -0.2) is 73.7 Å². The van der Waals surface area contributed by atoms with Crippen LogP contribution in [0.3, 0.4) is 0 Å². The summed E-state index contributed by atoms with van der Waals surface area (Å²) in [4.78, 5) is 16.9. The van der Waals surface area contributed by atoms with E-state index < -0.39 is 10.0 Å². The molecule has 1 atom stereocenters. The monoisotopic (exact) mass is 434 g/mol. The smallest absolute Gasteiger partial charge is 0.243 e. The van der Waals surface area contributed by atoms with Crippen LogP contribution in [0, 0.1) is 17.2 Å². The molecule has 2 rings (SSSR count). The number of nitriles is 1. The van der Waals surface area contributed by atoms with Crippen molar-refractivity contribution in [2.45, 2.75) is 51.5 Å². The first kappa shape index (κ1) is 24.3. The zero-order chi connectivity index (χ0) is 22.3. The fourth-order valence-electron chi connectivity index (χ4n) is 3.85. The van der Waals surface area contributed by atoms with E-state index in [-0.39, 0.29) is 22.8 Å². The first-order valence-electron chi connectivity index (χ1n) is 10.7. The van der Waals surface area contributed by atoms with Gasteiger partial charge in [-0.25, -0.2) is 8.42 Å². The van der Waals surface area contributed by atoms with Crippen molar-refractivity contribution in [2.24, 2.45) is 5.92 Å². The summed E-state index contributed by atoms with van der Waals surface area (Å²) >= 11 is 0. The van der Waals surface area contributed by atoms with Crippen molar-refractivity contribution in [3.8, 4) is 6.07 Å². The Morgan fingerprint density at radius 3 is 2.13 bits per heavy atom. The van der Waals surface area contributed by atoms with Crippen LogP contribution in [0.15, 0.2) is 29.2 Å².